The molecule has 0 bridgehead atoms. The average Bonchev–Trinajstić information content (AvgIpc) is 2.48. The molecular weight excluding hydrogens is 276 g/mol. The number of methoxy groups -OCH3 is 1. The van der Waals surface area contributed by atoms with Crippen molar-refractivity contribution in [2.75, 3.05) is 13.7 Å². The molecule has 21 heavy (non-hydrogen) atoms. The number of aliphatic hydroxyl groups excluding tert-OH is 1. The minimum absolute atomic E-state index is 0.111. The molecule has 1 aromatic carbocycles. The van der Waals surface area contributed by atoms with E-state index in [1.807, 2.05) is 24.3 Å². The van der Waals surface area contributed by atoms with Gasteiger partial charge in [0.15, 0.2) is 0 Å². The van der Waals surface area contributed by atoms with Gasteiger partial charge in [-0.1, -0.05) is 12.1 Å². The molecule has 1 aliphatic carbocycles. The highest BCUT2D eigenvalue weighted by molar-refractivity contribution is 5.30. The molecule has 0 saturated heterocycles. The van der Waals surface area contributed by atoms with Crippen molar-refractivity contribution in [3.05, 3.63) is 29.8 Å². The topological polar surface area (TPSA) is 55.5 Å². The molecule has 5 heteroatoms. The SMILES string of the molecule is COc1ccc(C(CN)C(O)C2CCC(F)(F)CC2)cc1. The van der Waals surface area contributed by atoms with E-state index in [4.69, 9.17) is 10.5 Å². The highest BCUT2D eigenvalue weighted by Gasteiger charge is 2.39. The van der Waals surface area contributed by atoms with Crippen LogP contribution >= 0.6 is 0 Å². The van der Waals surface area contributed by atoms with E-state index in [0.717, 1.165) is 11.3 Å². The largest absolute Gasteiger partial charge is 0.497 e. The number of alkyl halides is 2. The Labute approximate surface area is 124 Å². The van der Waals surface area contributed by atoms with Crippen LogP contribution in [0.25, 0.3) is 0 Å². The Morgan fingerprint density at radius 3 is 2.33 bits per heavy atom. The Hall–Kier alpha value is -1.20. The van der Waals surface area contributed by atoms with Crippen molar-refractivity contribution in [2.24, 2.45) is 11.7 Å². The lowest BCUT2D eigenvalue weighted by Crippen LogP contribution is -2.37. The summed E-state index contributed by atoms with van der Waals surface area (Å²) < 4.78 is 31.5. The van der Waals surface area contributed by atoms with E-state index in [0.29, 0.717) is 19.4 Å². The fraction of sp³-hybridized carbons (Fsp3) is 0.625. The van der Waals surface area contributed by atoms with Crippen molar-refractivity contribution < 1.29 is 18.6 Å². The van der Waals surface area contributed by atoms with Gasteiger partial charge in [0.1, 0.15) is 5.75 Å². The van der Waals surface area contributed by atoms with Gasteiger partial charge in [0, 0.05) is 25.3 Å². The highest BCUT2D eigenvalue weighted by Crippen LogP contribution is 2.40. The van der Waals surface area contributed by atoms with Crippen molar-refractivity contribution in [2.45, 2.75) is 43.6 Å². The molecular formula is C16H23F2NO2. The second-order valence-electron chi connectivity index (χ2n) is 5.80. The first-order valence-corrected chi connectivity index (χ1v) is 7.37. The van der Waals surface area contributed by atoms with Crippen LogP contribution in [0.15, 0.2) is 24.3 Å². The average molecular weight is 299 g/mol. The van der Waals surface area contributed by atoms with Crippen molar-refractivity contribution in [3.63, 3.8) is 0 Å². The summed E-state index contributed by atoms with van der Waals surface area (Å²) in [5.74, 6) is -2.18. The van der Waals surface area contributed by atoms with Gasteiger partial charge in [-0.3, -0.25) is 0 Å². The predicted octanol–water partition coefficient (Wildman–Crippen LogP) is 2.92. The van der Waals surface area contributed by atoms with Crippen LogP contribution in [0.1, 0.15) is 37.2 Å². The van der Waals surface area contributed by atoms with Crippen LogP contribution in [-0.2, 0) is 0 Å². The molecule has 0 spiro atoms. The fourth-order valence-corrected chi connectivity index (χ4v) is 3.06. The Morgan fingerprint density at radius 2 is 1.86 bits per heavy atom. The van der Waals surface area contributed by atoms with E-state index >= 15 is 0 Å². The van der Waals surface area contributed by atoms with E-state index < -0.39 is 12.0 Å². The number of ether oxygens (including phenoxy) is 1. The number of hydrogen-bond donors (Lipinski definition) is 2. The van der Waals surface area contributed by atoms with Crippen LogP contribution in [0.2, 0.25) is 0 Å². The summed E-state index contributed by atoms with van der Waals surface area (Å²) in [6.45, 7) is 0.292. The van der Waals surface area contributed by atoms with E-state index in [2.05, 4.69) is 0 Å². The van der Waals surface area contributed by atoms with Gasteiger partial charge in [-0.25, -0.2) is 8.78 Å². The first-order valence-electron chi connectivity index (χ1n) is 7.37. The number of benzene rings is 1. The summed E-state index contributed by atoms with van der Waals surface area (Å²) in [4.78, 5) is 0. The van der Waals surface area contributed by atoms with Crippen LogP contribution in [-0.4, -0.2) is 30.8 Å². The zero-order chi connectivity index (χ0) is 15.5. The minimum atomic E-state index is -2.57. The van der Waals surface area contributed by atoms with Crippen LogP contribution in [0.3, 0.4) is 0 Å². The van der Waals surface area contributed by atoms with Gasteiger partial charge in [0.25, 0.3) is 0 Å². The van der Waals surface area contributed by atoms with Crippen LogP contribution in [0.4, 0.5) is 8.78 Å². The monoisotopic (exact) mass is 299 g/mol. The van der Waals surface area contributed by atoms with Gasteiger partial charge in [-0.05, 0) is 36.5 Å². The van der Waals surface area contributed by atoms with E-state index in [9.17, 15) is 13.9 Å². The molecule has 118 valence electrons. The fourth-order valence-electron chi connectivity index (χ4n) is 3.06. The predicted molar refractivity (Wildman–Crippen MR) is 77.7 cm³/mol. The van der Waals surface area contributed by atoms with Gasteiger partial charge >= 0.3 is 0 Å². The number of rotatable bonds is 5. The summed E-state index contributed by atoms with van der Waals surface area (Å²) in [5, 5.41) is 10.5. The quantitative estimate of drug-likeness (QED) is 0.879. The second kappa shape index (κ2) is 6.71. The molecule has 1 fully saturated rings. The third-order valence-corrected chi connectivity index (χ3v) is 4.45. The lowest BCUT2D eigenvalue weighted by atomic mass is 9.77. The maximum absolute atomic E-state index is 13.2. The van der Waals surface area contributed by atoms with Crippen LogP contribution < -0.4 is 10.5 Å². The zero-order valence-electron chi connectivity index (χ0n) is 12.3. The maximum Gasteiger partial charge on any atom is 0.248 e. The Kier molecular flexibility index (Phi) is 5.17. The molecule has 0 amide bonds. The summed E-state index contributed by atoms with van der Waals surface area (Å²) >= 11 is 0. The van der Waals surface area contributed by atoms with Gasteiger partial charge < -0.3 is 15.6 Å². The van der Waals surface area contributed by atoms with E-state index in [1.165, 1.54) is 0 Å². The zero-order valence-corrected chi connectivity index (χ0v) is 12.3. The Morgan fingerprint density at radius 1 is 1.29 bits per heavy atom. The first-order chi connectivity index (χ1) is 9.96. The summed E-state index contributed by atoms with van der Waals surface area (Å²) in [5.41, 5.74) is 6.72. The van der Waals surface area contributed by atoms with Gasteiger partial charge in [-0.2, -0.15) is 0 Å². The van der Waals surface area contributed by atoms with Crippen molar-refractivity contribution >= 4 is 0 Å². The number of halogens is 2. The molecule has 1 saturated carbocycles. The number of hydrogen-bond acceptors (Lipinski definition) is 3. The molecule has 0 aliphatic heterocycles. The van der Waals surface area contributed by atoms with Crippen LogP contribution in [0, 0.1) is 5.92 Å². The second-order valence-corrected chi connectivity index (χ2v) is 5.80. The molecule has 0 heterocycles. The highest BCUT2D eigenvalue weighted by atomic mass is 19.3. The molecule has 1 aromatic rings. The number of aliphatic hydroxyl groups is 1. The molecule has 2 rings (SSSR count). The molecule has 0 aromatic heterocycles. The lowest BCUT2D eigenvalue weighted by molar-refractivity contribution is -0.0651. The molecule has 2 atom stereocenters. The number of nitrogens with two attached hydrogens (primary N) is 1. The summed E-state index contributed by atoms with van der Waals surface area (Å²) in [7, 11) is 1.59. The van der Waals surface area contributed by atoms with Crippen molar-refractivity contribution in [1.29, 1.82) is 0 Å². The third-order valence-electron chi connectivity index (χ3n) is 4.45. The summed E-state index contributed by atoms with van der Waals surface area (Å²) in [6.07, 6.45) is -0.273. The summed E-state index contributed by atoms with van der Waals surface area (Å²) in [6, 6.07) is 7.38. The van der Waals surface area contributed by atoms with Crippen LogP contribution in [0.5, 0.6) is 5.75 Å². The Bertz CT molecular complexity index is 440. The molecule has 1 aliphatic rings. The molecule has 0 radical (unpaired) electrons. The Balaban J connectivity index is 2.05. The van der Waals surface area contributed by atoms with Gasteiger partial charge in [-0.15, -0.1) is 0 Å². The minimum Gasteiger partial charge on any atom is -0.497 e. The maximum atomic E-state index is 13.2. The first kappa shape index (κ1) is 16.2. The van der Waals surface area contributed by atoms with E-state index in [1.54, 1.807) is 7.11 Å². The lowest BCUT2D eigenvalue weighted by Gasteiger charge is -2.34. The van der Waals surface area contributed by atoms with Gasteiger partial charge in [0.05, 0.1) is 13.2 Å². The standard InChI is InChI=1S/C16H23F2NO2/c1-21-13-4-2-11(3-5-13)14(10-19)15(20)12-6-8-16(17,18)9-7-12/h2-5,12,14-15,20H,6-10,19H2,1H3. The molecule has 3 nitrogen and oxygen atoms in total. The van der Waals surface area contributed by atoms with Crippen molar-refractivity contribution in [3.8, 4) is 5.75 Å². The smallest absolute Gasteiger partial charge is 0.248 e. The normalized spacial score (nSPS) is 21.8. The molecule has 2 unspecified atom stereocenters. The van der Waals surface area contributed by atoms with Gasteiger partial charge in [0.2, 0.25) is 5.92 Å². The van der Waals surface area contributed by atoms with E-state index in [-0.39, 0.29) is 24.7 Å². The van der Waals surface area contributed by atoms with Crippen molar-refractivity contribution in [1.82, 2.24) is 0 Å². The third kappa shape index (κ3) is 3.92. The molecule has 3 N–H and O–H groups in total.